The fourth-order valence-electron chi connectivity index (χ4n) is 0.369. The summed E-state index contributed by atoms with van der Waals surface area (Å²) in [7, 11) is 0. The summed E-state index contributed by atoms with van der Waals surface area (Å²) in [4.78, 5) is 10.3. The van der Waals surface area contributed by atoms with E-state index >= 15 is 0 Å². The third-order valence-electron chi connectivity index (χ3n) is 1.19. The standard InChI is InChI=1S/C7H12ClNO/c1-4-7(2,3)9-5-6(8)10/h4,9H,1,5H2,2-3H3. The van der Waals surface area contributed by atoms with Crippen LogP contribution in [-0.2, 0) is 4.79 Å². The molecule has 0 atom stereocenters. The topological polar surface area (TPSA) is 29.1 Å². The molecule has 0 aliphatic rings. The van der Waals surface area contributed by atoms with Crippen LogP contribution >= 0.6 is 11.6 Å². The minimum Gasteiger partial charge on any atom is -0.300 e. The van der Waals surface area contributed by atoms with Gasteiger partial charge in [-0.2, -0.15) is 0 Å². The second kappa shape index (κ2) is 3.74. The molecule has 0 aromatic heterocycles. The number of hydrogen-bond acceptors (Lipinski definition) is 2. The van der Waals surface area contributed by atoms with Gasteiger partial charge in [-0.1, -0.05) is 6.08 Å². The lowest BCUT2D eigenvalue weighted by molar-refractivity contribution is -0.111. The van der Waals surface area contributed by atoms with Gasteiger partial charge in [0.2, 0.25) is 5.24 Å². The van der Waals surface area contributed by atoms with E-state index in [4.69, 9.17) is 11.6 Å². The molecule has 0 fully saturated rings. The number of rotatable bonds is 4. The second-order valence-electron chi connectivity index (χ2n) is 2.63. The molecule has 2 nitrogen and oxygen atoms in total. The van der Waals surface area contributed by atoms with Crippen molar-refractivity contribution in [2.45, 2.75) is 19.4 Å². The summed E-state index contributed by atoms with van der Waals surface area (Å²) in [6.07, 6.45) is 1.73. The van der Waals surface area contributed by atoms with Gasteiger partial charge in [0.05, 0.1) is 6.54 Å². The molecule has 0 aromatic rings. The van der Waals surface area contributed by atoms with Gasteiger partial charge in [-0.3, -0.25) is 4.79 Å². The maximum Gasteiger partial charge on any atom is 0.235 e. The molecule has 0 aliphatic carbocycles. The van der Waals surface area contributed by atoms with Crippen molar-refractivity contribution in [1.82, 2.24) is 5.32 Å². The van der Waals surface area contributed by atoms with Gasteiger partial charge in [-0.15, -0.1) is 6.58 Å². The molecule has 0 aromatic carbocycles. The van der Waals surface area contributed by atoms with Gasteiger partial charge in [-0.25, -0.2) is 0 Å². The first-order valence-electron chi connectivity index (χ1n) is 3.05. The van der Waals surface area contributed by atoms with Crippen LogP contribution in [0.2, 0.25) is 0 Å². The molecule has 0 rings (SSSR count). The molecule has 1 N–H and O–H groups in total. The maximum absolute atomic E-state index is 10.3. The van der Waals surface area contributed by atoms with Crippen LogP contribution in [0.25, 0.3) is 0 Å². The number of carbonyl (C=O) groups excluding carboxylic acids is 1. The highest BCUT2D eigenvalue weighted by Gasteiger charge is 2.11. The van der Waals surface area contributed by atoms with Crippen molar-refractivity contribution in [3.63, 3.8) is 0 Å². The Morgan fingerprint density at radius 3 is 2.60 bits per heavy atom. The van der Waals surface area contributed by atoms with E-state index in [2.05, 4.69) is 11.9 Å². The highest BCUT2D eigenvalue weighted by molar-refractivity contribution is 6.64. The Balaban J connectivity index is 3.67. The van der Waals surface area contributed by atoms with E-state index in [1.165, 1.54) is 0 Å². The van der Waals surface area contributed by atoms with Crippen molar-refractivity contribution in [3.8, 4) is 0 Å². The predicted molar refractivity (Wildman–Crippen MR) is 43.1 cm³/mol. The molecule has 0 saturated carbocycles. The summed E-state index contributed by atoms with van der Waals surface area (Å²) in [6, 6.07) is 0. The van der Waals surface area contributed by atoms with Crippen LogP contribution in [0.3, 0.4) is 0 Å². The Labute approximate surface area is 66.3 Å². The Hall–Kier alpha value is -0.340. The van der Waals surface area contributed by atoms with Crippen molar-refractivity contribution in [3.05, 3.63) is 12.7 Å². The van der Waals surface area contributed by atoms with Crippen LogP contribution in [0.15, 0.2) is 12.7 Å². The Morgan fingerprint density at radius 1 is 1.80 bits per heavy atom. The van der Waals surface area contributed by atoms with E-state index in [-0.39, 0.29) is 17.3 Å². The molecule has 0 radical (unpaired) electrons. The van der Waals surface area contributed by atoms with Gasteiger partial charge < -0.3 is 5.32 Å². The van der Waals surface area contributed by atoms with Crippen LogP contribution < -0.4 is 5.32 Å². The summed E-state index contributed by atoms with van der Waals surface area (Å²) in [6.45, 7) is 7.61. The largest absolute Gasteiger partial charge is 0.300 e. The first-order chi connectivity index (χ1) is 4.48. The number of carbonyl (C=O) groups is 1. The van der Waals surface area contributed by atoms with E-state index in [1.54, 1.807) is 6.08 Å². The summed E-state index contributed by atoms with van der Waals surface area (Å²) >= 11 is 5.11. The Kier molecular flexibility index (Phi) is 3.61. The summed E-state index contributed by atoms with van der Waals surface area (Å²) in [5.41, 5.74) is -0.218. The van der Waals surface area contributed by atoms with Crippen LogP contribution in [0.5, 0.6) is 0 Å². The second-order valence-corrected chi connectivity index (χ2v) is 3.06. The summed E-state index contributed by atoms with van der Waals surface area (Å²) < 4.78 is 0. The number of halogens is 1. The van der Waals surface area contributed by atoms with Crippen molar-refractivity contribution in [2.75, 3.05) is 6.54 Å². The molecule has 0 bridgehead atoms. The minimum atomic E-state index is -0.380. The fraction of sp³-hybridized carbons (Fsp3) is 0.571. The monoisotopic (exact) mass is 161 g/mol. The van der Waals surface area contributed by atoms with Crippen LogP contribution in [-0.4, -0.2) is 17.3 Å². The predicted octanol–water partition coefficient (Wildman–Crippen LogP) is 1.31. The van der Waals surface area contributed by atoms with Gasteiger partial charge >= 0.3 is 0 Å². The molecule has 58 valence electrons. The van der Waals surface area contributed by atoms with Crippen LogP contribution in [0.1, 0.15) is 13.8 Å². The zero-order valence-electron chi connectivity index (χ0n) is 6.28. The quantitative estimate of drug-likeness (QED) is 0.498. The lowest BCUT2D eigenvalue weighted by Gasteiger charge is -2.20. The lowest BCUT2D eigenvalue weighted by Crippen LogP contribution is -2.39. The molecule has 0 amide bonds. The SMILES string of the molecule is C=CC(C)(C)NCC(=O)Cl. The Bertz CT molecular complexity index is 143. The van der Waals surface area contributed by atoms with Gasteiger partial charge in [0.1, 0.15) is 0 Å². The van der Waals surface area contributed by atoms with E-state index in [9.17, 15) is 4.79 Å². The van der Waals surface area contributed by atoms with Crippen LogP contribution in [0.4, 0.5) is 0 Å². The van der Waals surface area contributed by atoms with E-state index in [0.29, 0.717) is 0 Å². The third-order valence-corrected chi connectivity index (χ3v) is 1.33. The van der Waals surface area contributed by atoms with E-state index in [1.807, 2.05) is 13.8 Å². The number of hydrogen-bond donors (Lipinski definition) is 1. The minimum absolute atomic E-state index is 0.181. The molecule has 0 aliphatic heterocycles. The van der Waals surface area contributed by atoms with E-state index in [0.717, 1.165) is 0 Å². The fourth-order valence-corrected chi connectivity index (χ4v) is 0.436. The van der Waals surface area contributed by atoms with E-state index < -0.39 is 0 Å². The molecule has 10 heavy (non-hydrogen) atoms. The first kappa shape index (κ1) is 9.66. The summed E-state index contributed by atoms with van der Waals surface area (Å²) in [5, 5.41) is 2.53. The lowest BCUT2D eigenvalue weighted by atomic mass is 10.1. The molecule has 0 spiro atoms. The van der Waals surface area contributed by atoms with Gasteiger partial charge in [0.25, 0.3) is 0 Å². The average Bonchev–Trinajstić information content (AvgIpc) is 1.85. The highest BCUT2D eigenvalue weighted by Crippen LogP contribution is 2.01. The van der Waals surface area contributed by atoms with Gasteiger partial charge in [0, 0.05) is 5.54 Å². The molecule has 0 heterocycles. The molecular formula is C7H12ClNO. The van der Waals surface area contributed by atoms with Crippen molar-refractivity contribution >= 4 is 16.8 Å². The first-order valence-corrected chi connectivity index (χ1v) is 3.43. The normalized spacial score (nSPS) is 11.1. The number of nitrogens with one attached hydrogen (secondary N) is 1. The maximum atomic E-state index is 10.3. The smallest absolute Gasteiger partial charge is 0.235 e. The molecule has 0 unspecified atom stereocenters. The molecule has 3 heteroatoms. The summed E-state index contributed by atoms with van der Waals surface area (Å²) in [5.74, 6) is 0. The average molecular weight is 162 g/mol. The van der Waals surface area contributed by atoms with Crippen molar-refractivity contribution < 1.29 is 4.79 Å². The molecule has 0 saturated heterocycles. The van der Waals surface area contributed by atoms with Crippen molar-refractivity contribution in [1.29, 1.82) is 0 Å². The Morgan fingerprint density at radius 2 is 2.30 bits per heavy atom. The zero-order valence-corrected chi connectivity index (χ0v) is 7.03. The van der Waals surface area contributed by atoms with Crippen LogP contribution in [0, 0.1) is 0 Å². The third kappa shape index (κ3) is 4.53. The highest BCUT2D eigenvalue weighted by atomic mass is 35.5. The zero-order chi connectivity index (χ0) is 8.20. The van der Waals surface area contributed by atoms with Crippen molar-refractivity contribution in [2.24, 2.45) is 0 Å². The van der Waals surface area contributed by atoms with Gasteiger partial charge in [0.15, 0.2) is 0 Å². The van der Waals surface area contributed by atoms with Gasteiger partial charge in [-0.05, 0) is 25.4 Å². The molecular weight excluding hydrogens is 150 g/mol.